The number of hydrogen-bond acceptors (Lipinski definition) is 5. The lowest BCUT2D eigenvalue weighted by atomic mass is 9.97. The van der Waals surface area contributed by atoms with Gasteiger partial charge in [-0.05, 0) is 48.7 Å². The van der Waals surface area contributed by atoms with Crippen molar-refractivity contribution in [1.82, 2.24) is 4.90 Å². The number of fused-ring (bicyclic) bond motifs is 2. The topological polar surface area (TPSA) is 91.0 Å². The van der Waals surface area contributed by atoms with Gasteiger partial charge in [0.15, 0.2) is 5.43 Å². The number of nitrogens with zero attached hydrogens (tertiary/aromatic N) is 1. The van der Waals surface area contributed by atoms with Crippen LogP contribution in [0, 0.1) is 13.8 Å². The van der Waals surface area contributed by atoms with Gasteiger partial charge >= 0.3 is 0 Å². The van der Waals surface area contributed by atoms with Gasteiger partial charge in [0.05, 0.1) is 23.6 Å². The molecule has 0 radical (unpaired) electrons. The molecule has 4 rings (SSSR count). The Balaban J connectivity index is 2.05. The molecule has 1 amide bonds. The Morgan fingerprint density at radius 2 is 1.93 bits per heavy atom. The van der Waals surface area contributed by atoms with Crippen molar-refractivity contribution in [1.29, 1.82) is 0 Å². The normalized spacial score (nSPS) is 16.2. The molecule has 1 atom stereocenters. The van der Waals surface area contributed by atoms with E-state index in [4.69, 9.17) is 4.42 Å². The van der Waals surface area contributed by atoms with Gasteiger partial charge in [0.1, 0.15) is 11.3 Å². The summed E-state index contributed by atoms with van der Waals surface area (Å²) in [6.07, 6.45) is 0. The second kappa shape index (κ2) is 6.25. The maximum absolute atomic E-state index is 13.3. The number of amides is 1. The minimum Gasteiger partial charge on any atom is -0.508 e. The van der Waals surface area contributed by atoms with Crippen molar-refractivity contribution in [3.63, 3.8) is 0 Å². The Bertz CT molecular complexity index is 1130. The van der Waals surface area contributed by atoms with E-state index in [-0.39, 0.29) is 35.7 Å². The molecule has 2 heterocycles. The van der Waals surface area contributed by atoms with E-state index in [0.717, 1.165) is 11.1 Å². The minimum atomic E-state index is -0.715. The number of aliphatic hydroxyl groups is 1. The van der Waals surface area contributed by atoms with Gasteiger partial charge in [0, 0.05) is 6.54 Å². The van der Waals surface area contributed by atoms with E-state index in [9.17, 15) is 19.8 Å². The first-order valence-corrected chi connectivity index (χ1v) is 8.71. The van der Waals surface area contributed by atoms with E-state index >= 15 is 0 Å². The fourth-order valence-corrected chi connectivity index (χ4v) is 3.85. The number of phenolic OH excluding ortho intramolecular Hbond substituents is 1. The van der Waals surface area contributed by atoms with Crippen molar-refractivity contribution in [2.24, 2.45) is 0 Å². The molecule has 6 heteroatoms. The van der Waals surface area contributed by atoms with Crippen LogP contribution in [0.4, 0.5) is 0 Å². The molecule has 0 saturated carbocycles. The Hall–Kier alpha value is -3.12. The Kier molecular flexibility index (Phi) is 4.00. The van der Waals surface area contributed by atoms with Gasteiger partial charge in [0.25, 0.3) is 5.91 Å². The number of carbonyl (C=O) groups is 1. The highest BCUT2D eigenvalue weighted by Gasteiger charge is 2.42. The molecule has 3 aromatic rings. The number of hydrogen-bond donors (Lipinski definition) is 2. The van der Waals surface area contributed by atoms with Gasteiger partial charge in [-0.2, -0.15) is 0 Å². The first-order chi connectivity index (χ1) is 12.9. The molecule has 1 aliphatic rings. The smallest absolute Gasteiger partial charge is 0.290 e. The fourth-order valence-electron chi connectivity index (χ4n) is 3.85. The maximum atomic E-state index is 13.3. The molecule has 1 aliphatic heterocycles. The molecule has 0 bridgehead atoms. The fraction of sp³-hybridized carbons (Fsp3) is 0.238. The first kappa shape index (κ1) is 17.3. The zero-order valence-corrected chi connectivity index (χ0v) is 15.0. The molecule has 2 aromatic carbocycles. The molecule has 0 aliphatic carbocycles. The standard InChI is InChI=1S/C21H19NO5/c1-11-8-12(2)19-15(9-11)18(25)16-17(13-4-3-5-14(24)10-13)22(6-7-23)21(26)20(16)27-19/h3-5,8-10,17,23-24H,6-7H2,1-2H3. The molecule has 6 nitrogen and oxygen atoms in total. The van der Waals surface area contributed by atoms with Gasteiger partial charge in [-0.15, -0.1) is 0 Å². The second-order valence-electron chi connectivity index (χ2n) is 6.85. The summed E-state index contributed by atoms with van der Waals surface area (Å²) >= 11 is 0. The summed E-state index contributed by atoms with van der Waals surface area (Å²) in [6.45, 7) is 3.54. The molecule has 138 valence electrons. The van der Waals surface area contributed by atoms with Crippen molar-refractivity contribution < 1.29 is 19.4 Å². The highest BCUT2D eigenvalue weighted by molar-refractivity contribution is 5.99. The van der Waals surface area contributed by atoms with Crippen LogP contribution in [0.2, 0.25) is 0 Å². The average molecular weight is 365 g/mol. The van der Waals surface area contributed by atoms with E-state index in [1.165, 1.54) is 17.0 Å². The van der Waals surface area contributed by atoms with Crippen LogP contribution in [0.15, 0.2) is 45.6 Å². The lowest BCUT2D eigenvalue weighted by molar-refractivity contribution is 0.0691. The van der Waals surface area contributed by atoms with E-state index in [1.54, 1.807) is 18.2 Å². The van der Waals surface area contributed by atoms with Gasteiger partial charge < -0.3 is 19.5 Å². The molecular weight excluding hydrogens is 346 g/mol. The molecule has 0 fully saturated rings. The largest absolute Gasteiger partial charge is 0.508 e. The van der Waals surface area contributed by atoms with Crippen LogP contribution >= 0.6 is 0 Å². The van der Waals surface area contributed by atoms with Crippen LogP contribution in [0.25, 0.3) is 11.0 Å². The van der Waals surface area contributed by atoms with Gasteiger partial charge in [0.2, 0.25) is 5.76 Å². The summed E-state index contributed by atoms with van der Waals surface area (Å²) in [7, 11) is 0. The predicted molar refractivity (Wildman–Crippen MR) is 100 cm³/mol. The summed E-state index contributed by atoms with van der Waals surface area (Å²) in [4.78, 5) is 27.7. The lowest BCUT2D eigenvalue weighted by Crippen LogP contribution is -2.32. The number of carbonyl (C=O) groups excluding carboxylic acids is 1. The number of β-amino-alcohol motifs (C(OH)–C–C–N with tert-alkyl or cyclic N) is 1. The summed E-state index contributed by atoms with van der Waals surface area (Å²) in [5.41, 5.74) is 2.69. The van der Waals surface area contributed by atoms with Crippen molar-refractivity contribution in [2.75, 3.05) is 13.2 Å². The SMILES string of the molecule is Cc1cc(C)c2oc3c(c(=O)c2c1)C(c1cccc(O)c1)N(CCO)C3=O. The molecule has 0 spiro atoms. The quantitative estimate of drug-likeness (QED) is 0.745. The molecule has 27 heavy (non-hydrogen) atoms. The number of rotatable bonds is 3. The number of benzene rings is 2. The zero-order valence-electron chi connectivity index (χ0n) is 15.0. The summed E-state index contributed by atoms with van der Waals surface area (Å²) in [5.74, 6) is -0.401. The number of aromatic hydroxyl groups is 1. The predicted octanol–water partition coefficient (Wildman–Crippen LogP) is 2.65. The van der Waals surface area contributed by atoms with Crippen LogP contribution in [0.5, 0.6) is 5.75 Å². The molecule has 1 unspecified atom stereocenters. The number of phenols is 1. The summed E-state index contributed by atoms with van der Waals surface area (Å²) in [5, 5.41) is 19.7. The Morgan fingerprint density at radius 1 is 1.15 bits per heavy atom. The Morgan fingerprint density at radius 3 is 2.63 bits per heavy atom. The first-order valence-electron chi connectivity index (χ1n) is 8.71. The third-order valence-electron chi connectivity index (χ3n) is 4.92. The highest BCUT2D eigenvalue weighted by Crippen LogP contribution is 2.39. The monoisotopic (exact) mass is 365 g/mol. The molecule has 2 N–H and O–H groups in total. The molecule has 1 aromatic heterocycles. The average Bonchev–Trinajstić information content (AvgIpc) is 2.89. The second-order valence-corrected chi connectivity index (χ2v) is 6.85. The zero-order chi connectivity index (χ0) is 19.3. The minimum absolute atomic E-state index is 0.00115. The van der Waals surface area contributed by atoms with Crippen molar-refractivity contribution in [3.8, 4) is 5.75 Å². The van der Waals surface area contributed by atoms with Crippen LogP contribution in [-0.4, -0.2) is 34.2 Å². The van der Waals surface area contributed by atoms with Crippen molar-refractivity contribution in [2.45, 2.75) is 19.9 Å². The van der Waals surface area contributed by atoms with Gasteiger partial charge in [-0.25, -0.2) is 0 Å². The third-order valence-corrected chi connectivity index (χ3v) is 4.92. The third kappa shape index (κ3) is 2.61. The van der Waals surface area contributed by atoms with Crippen LogP contribution in [0.3, 0.4) is 0 Å². The van der Waals surface area contributed by atoms with E-state index < -0.39 is 11.9 Å². The van der Waals surface area contributed by atoms with E-state index in [1.807, 2.05) is 19.9 Å². The maximum Gasteiger partial charge on any atom is 0.290 e. The van der Waals surface area contributed by atoms with Crippen molar-refractivity contribution >= 4 is 16.9 Å². The van der Waals surface area contributed by atoms with E-state index in [0.29, 0.717) is 16.5 Å². The number of aliphatic hydroxyl groups excluding tert-OH is 1. The highest BCUT2D eigenvalue weighted by atomic mass is 16.3. The lowest BCUT2D eigenvalue weighted by Gasteiger charge is -2.24. The van der Waals surface area contributed by atoms with Gasteiger partial charge in [-0.1, -0.05) is 18.2 Å². The van der Waals surface area contributed by atoms with Crippen LogP contribution in [-0.2, 0) is 0 Å². The van der Waals surface area contributed by atoms with Crippen molar-refractivity contribution in [3.05, 3.63) is 74.6 Å². The van der Waals surface area contributed by atoms with Crippen LogP contribution in [0.1, 0.15) is 38.9 Å². The van der Waals surface area contributed by atoms with E-state index in [2.05, 4.69) is 0 Å². The van der Waals surface area contributed by atoms with Gasteiger partial charge in [-0.3, -0.25) is 9.59 Å². The van der Waals surface area contributed by atoms with Crippen LogP contribution < -0.4 is 5.43 Å². The molecule has 0 saturated heterocycles. The summed E-state index contributed by atoms with van der Waals surface area (Å²) in [6, 6.07) is 9.37. The number of aryl methyl sites for hydroxylation is 2. The summed E-state index contributed by atoms with van der Waals surface area (Å²) < 4.78 is 5.91. The molecular formula is C21H19NO5. The Labute approximate surface area is 155 Å².